The summed E-state index contributed by atoms with van der Waals surface area (Å²) in [6.07, 6.45) is 5.09. The third-order valence-corrected chi connectivity index (χ3v) is 3.35. The fraction of sp³-hybridized carbons (Fsp3) is 0.615. The monoisotopic (exact) mass is 223 g/mol. The van der Waals surface area contributed by atoms with Gasteiger partial charge in [-0.1, -0.05) is 27.7 Å². The topological polar surface area (TPSA) is 12.9 Å². The van der Waals surface area contributed by atoms with Gasteiger partial charge < -0.3 is 0 Å². The van der Waals surface area contributed by atoms with E-state index in [-0.39, 0.29) is 0 Å². The van der Waals surface area contributed by atoms with E-state index in [1.807, 2.05) is 24.2 Å². The Labute approximate surface area is 97.7 Å². The van der Waals surface area contributed by atoms with Gasteiger partial charge in [-0.05, 0) is 34.8 Å². The summed E-state index contributed by atoms with van der Waals surface area (Å²) in [6, 6.07) is 2.16. The van der Waals surface area contributed by atoms with Crippen LogP contribution in [0.25, 0.3) is 0 Å². The second-order valence-electron chi connectivity index (χ2n) is 4.60. The fourth-order valence-electron chi connectivity index (χ4n) is 1.48. The molecule has 2 heteroatoms. The van der Waals surface area contributed by atoms with Crippen LogP contribution in [0.2, 0.25) is 0 Å². The molecule has 15 heavy (non-hydrogen) atoms. The van der Waals surface area contributed by atoms with Crippen LogP contribution in [-0.2, 0) is 12.2 Å². The maximum Gasteiger partial charge on any atom is 0.0311 e. The average Bonchev–Trinajstić information content (AvgIpc) is 2.15. The summed E-state index contributed by atoms with van der Waals surface area (Å²) in [5.41, 5.74) is 2.87. The Bertz CT molecular complexity index is 294. The number of thioether (sulfide) groups is 1. The van der Waals surface area contributed by atoms with Crippen LogP contribution in [0.3, 0.4) is 0 Å². The van der Waals surface area contributed by atoms with E-state index in [0.29, 0.717) is 5.25 Å². The first-order valence-corrected chi connectivity index (χ1v) is 6.67. The molecule has 0 aromatic carbocycles. The van der Waals surface area contributed by atoms with Gasteiger partial charge in [0, 0.05) is 18.1 Å². The number of aromatic nitrogens is 1. The third-order valence-electron chi connectivity index (χ3n) is 2.20. The molecule has 0 radical (unpaired) electrons. The molecule has 0 N–H and O–H groups in total. The molecule has 1 nitrogen and oxygen atoms in total. The first-order chi connectivity index (χ1) is 7.09. The smallest absolute Gasteiger partial charge is 0.0311 e. The highest BCUT2D eigenvalue weighted by atomic mass is 32.2. The molecular weight excluding hydrogens is 202 g/mol. The van der Waals surface area contributed by atoms with E-state index < -0.39 is 0 Å². The molecule has 0 fully saturated rings. The second-order valence-corrected chi connectivity index (χ2v) is 6.17. The van der Waals surface area contributed by atoms with E-state index in [2.05, 4.69) is 38.7 Å². The summed E-state index contributed by atoms with van der Waals surface area (Å²) >= 11 is 1.99. The lowest BCUT2D eigenvalue weighted by atomic mass is 10.0. The maximum atomic E-state index is 4.22. The fourth-order valence-corrected chi connectivity index (χ4v) is 2.25. The zero-order valence-electron chi connectivity index (χ0n) is 10.2. The molecule has 1 heterocycles. The Morgan fingerprint density at radius 2 is 1.93 bits per heavy atom. The molecular formula is C13H21NS. The van der Waals surface area contributed by atoms with Gasteiger partial charge >= 0.3 is 0 Å². The van der Waals surface area contributed by atoms with Gasteiger partial charge in [-0.15, -0.1) is 0 Å². The Morgan fingerprint density at radius 3 is 2.53 bits per heavy atom. The number of rotatable bonds is 5. The van der Waals surface area contributed by atoms with Gasteiger partial charge in [0.25, 0.3) is 0 Å². The van der Waals surface area contributed by atoms with Gasteiger partial charge in [-0.3, -0.25) is 4.98 Å². The lowest BCUT2D eigenvalue weighted by Gasteiger charge is -2.11. The summed E-state index contributed by atoms with van der Waals surface area (Å²) in [4.78, 5) is 4.22. The van der Waals surface area contributed by atoms with Crippen LogP contribution in [0.15, 0.2) is 18.5 Å². The van der Waals surface area contributed by atoms with Crippen LogP contribution >= 0.6 is 11.8 Å². The first kappa shape index (κ1) is 12.6. The van der Waals surface area contributed by atoms with Crippen molar-refractivity contribution in [3.63, 3.8) is 0 Å². The van der Waals surface area contributed by atoms with Crippen LogP contribution in [0.4, 0.5) is 0 Å². The molecule has 0 aliphatic rings. The minimum absolute atomic E-state index is 0.692. The van der Waals surface area contributed by atoms with E-state index in [9.17, 15) is 0 Å². The molecule has 0 saturated carbocycles. The molecule has 0 aliphatic carbocycles. The van der Waals surface area contributed by atoms with Crippen molar-refractivity contribution in [2.24, 2.45) is 5.92 Å². The Kier molecular flexibility index (Phi) is 5.16. The summed E-state index contributed by atoms with van der Waals surface area (Å²) in [5.74, 6) is 1.81. The van der Waals surface area contributed by atoms with E-state index >= 15 is 0 Å². The van der Waals surface area contributed by atoms with Crippen molar-refractivity contribution in [1.82, 2.24) is 4.98 Å². The maximum absolute atomic E-state index is 4.22. The zero-order chi connectivity index (χ0) is 11.3. The van der Waals surface area contributed by atoms with Gasteiger partial charge in [0.15, 0.2) is 0 Å². The van der Waals surface area contributed by atoms with Crippen LogP contribution in [0.5, 0.6) is 0 Å². The van der Waals surface area contributed by atoms with Crippen molar-refractivity contribution in [3.05, 3.63) is 29.6 Å². The molecule has 0 atom stereocenters. The molecule has 0 saturated heterocycles. The van der Waals surface area contributed by atoms with Gasteiger partial charge in [0.05, 0.1) is 0 Å². The predicted octanol–water partition coefficient (Wildman–Crippen LogP) is 3.92. The highest BCUT2D eigenvalue weighted by Gasteiger charge is 2.05. The first-order valence-electron chi connectivity index (χ1n) is 5.63. The molecule has 0 aliphatic heterocycles. The average molecular weight is 223 g/mol. The quantitative estimate of drug-likeness (QED) is 0.750. The van der Waals surface area contributed by atoms with Gasteiger partial charge in [0.2, 0.25) is 0 Å². The Balaban J connectivity index is 2.68. The van der Waals surface area contributed by atoms with Gasteiger partial charge in [0.1, 0.15) is 0 Å². The minimum Gasteiger partial charge on any atom is -0.264 e. The Morgan fingerprint density at radius 1 is 1.20 bits per heavy atom. The van der Waals surface area contributed by atoms with Crippen molar-refractivity contribution in [3.8, 4) is 0 Å². The highest BCUT2D eigenvalue weighted by Crippen LogP contribution is 2.21. The number of nitrogens with zero attached hydrogens (tertiary/aromatic N) is 1. The summed E-state index contributed by atoms with van der Waals surface area (Å²) in [7, 11) is 0. The molecule has 1 aromatic heterocycles. The van der Waals surface area contributed by atoms with Crippen LogP contribution in [-0.4, -0.2) is 10.2 Å². The predicted molar refractivity (Wildman–Crippen MR) is 69.2 cm³/mol. The molecule has 84 valence electrons. The normalized spacial score (nSPS) is 11.3. The lowest BCUT2D eigenvalue weighted by Crippen LogP contribution is -2.00. The molecule has 0 spiro atoms. The third kappa shape index (κ3) is 4.70. The number of pyridine rings is 1. The van der Waals surface area contributed by atoms with Crippen molar-refractivity contribution < 1.29 is 0 Å². The molecule has 1 rings (SSSR count). The van der Waals surface area contributed by atoms with Crippen molar-refractivity contribution in [2.75, 3.05) is 0 Å². The Hall–Kier alpha value is -0.500. The minimum atomic E-state index is 0.692. The number of hydrogen-bond donors (Lipinski definition) is 0. The highest BCUT2D eigenvalue weighted by molar-refractivity contribution is 7.99. The SMILES string of the molecule is CC(C)Cc1ccncc1CSC(C)C. The molecule has 0 unspecified atom stereocenters. The van der Waals surface area contributed by atoms with E-state index in [1.165, 1.54) is 11.1 Å². The molecule has 0 bridgehead atoms. The van der Waals surface area contributed by atoms with Crippen LogP contribution in [0, 0.1) is 5.92 Å². The van der Waals surface area contributed by atoms with E-state index in [1.54, 1.807) is 0 Å². The second kappa shape index (κ2) is 6.16. The lowest BCUT2D eigenvalue weighted by molar-refractivity contribution is 0.644. The van der Waals surface area contributed by atoms with Crippen molar-refractivity contribution in [1.29, 1.82) is 0 Å². The summed E-state index contributed by atoms with van der Waals surface area (Å²) in [6.45, 7) is 9.01. The van der Waals surface area contributed by atoms with Crippen LogP contribution < -0.4 is 0 Å². The van der Waals surface area contributed by atoms with E-state index in [0.717, 1.165) is 18.1 Å². The van der Waals surface area contributed by atoms with Crippen molar-refractivity contribution in [2.45, 2.75) is 45.1 Å². The molecule has 0 amide bonds. The van der Waals surface area contributed by atoms with Gasteiger partial charge in [-0.25, -0.2) is 0 Å². The van der Waals surface area contributed by atoms with Crippen molar-refractivity contribution >= 4 is 11.8 Å². The van der Waals surface area contributed by atoms with Gasteiger partial charge in [-0.2, -0.15) is 11.8 Å². The summed E-state index contributed by atoms with van der Waals surface area (Å²) < 4.78 is 0. The largest absolute Gasteiger partial charge is 0.264 e. The van der Waals surface area contributed by atoms with E-state index in [4.69, 9.17) is 0 Å². The summed E-state index contributed by atoms with van der Waals surface area (Å²) in [5, 5.41) is 0.692. The standard InChI is InChI=1S/C13H21NS/c1-10(2)7-12-5-6-14-8-13(12)9-15-11(3)4/h5-6,8,10-11H,7,9H2,1-4H3. The molecule has 1 aromatic rings. The van der Waals surface area contributed by atoms with Crippen LogP contribution in [0.1, 0.15) is 38.8 Å². The zero-order valence-corrected chi connectivity index (χ0v) is 11.0. The number of hydrogen-bond acceptors (Lipinski definition) is 2.